The van der Waals surface area contributed by atoms with Gasteiger partial charge in [0.15, 0.2) is 0 Å². The van der Waals surface area contributed by atoms with E-state index in [0.29, 0.717) is 24.5 Å². The molecule has 0 saturated carbocycles. The van der Waals surface area contributed by atoms with E-state index >= 15 is 0 Å². The van der Waals surface area contributed by atoms with Gasteiger partial charge in [0.25, 0.3) is 0 Å². The molecule has 1 aromatic carbocycles. The second-order valence-electron chi connectivity index (χ2n) is 6.68. The Morgan fingerprint density at radius 3 is 2.58 bits per heavy atom. The number of ether oxygens (including phenoxy) is 2. The molecule has 2 amide bonds. The highest BCUT2D eigenvalue weighted by atomic mass is 32.2. The van der Waals surface area contributed by atoms with E-state index in [0.717, 1.165) is 0 Å². The van der Waals surface area contributed by atoms with Gasteiger partial charge in [-0.05, 0) is 42.8 Å². The lowest BCUT2D eigenvalue weighted by Crippen LogP contribution is -2.53. The maximum atomic E-state index is 13.0. The molecule has 1 fully saturated rings. The lowest BCUT2D eigenvalue weighted by molar-refractivity contribution is -0.140. The first-order chi connectivity index (χ1) is 14.9. The van der Waals surface area contributed by atoms with Gasteiger partial charge in [0.1, 0.15) is 12.0 Å². The summed E-state index contributed by atoms with van der Waals surface area (Å²) in [6.07, 6.45) is 1.18. The second-order valence-corrected chi connectivity index (χ2v) is 8.57. The van der Waals surface area contributed by atoms with Crippen LogP contribution in [-0.2, 0) is 30.9 Å². The highest BCUT2D eigenvalue weighted by Crippen LogP contribution is 2.23. The number of amides is 2. The molecule has 10 nitrogen and oxygen atoms in total. The Morgan fingerprint density at radius 1 is 1.16 bits per heavy atom. The molecule has 0 spiro atoms. The summed E-state index contributed by atoms with van der Waals surface area (Å²) in [7, 11) is -2.36. The van der Waals surface area contributed by atoms with E-state index in [1.165, 1.54) is 23.5 Å². The van der Waals surface area contributed by atoms with E-state index < -0.39 is 28.1 Å². The van der Waals surface area contributed by atoms with Crippen LogP contribution in [-0.4, -0.2) is 62.6 Å². The lowest BCUT2D eigenvalue weighted by atomic mass is 10.3. The third kappa shape index (κ3) is 5.78. The van der Waals surface area contributed by atoms with Gasteiger partial charge in [-0.2, -0.15) is 4.31 Å². The normalized spacial score (nSPS) is 17.0. The Balaban J connectivity index is 1.59. The third-order valence-corrected chi connectivity index (χ3v) is 6.52. The summed E-state index contributed by atoms with van der Waals surface area (Å²) in [4.78, 5) is 28.3. The Kier molecular flexibility index (Phi) is 7.55. The SMILES string of the molecule is COc1ccc(S(=O)(=O)N2CCCO[C@H]2CNC(=O)C(=O)NCc2ccccn2)cc1. The van der Waals surface area contributed by atoms with Crippen molar-refractivity contribution in [2.24, 2.45) is 0 Å². The number of methoxy groups -OCH3 is 1. The summed E-state index contributed by atoms with van der Waals surface area (Å²) in [5, 5.41) is 4.90. The number of sulfonamides is 1. The number of rotatable bonds is 7. The first-order valence-corrected chi connectivity index (χ1v) is 11.1. The van der Waals surface area contributed by atoms with E-state index in [1.54, 1.807) is 36.5 Å². The minimum absolute atomic E-state index is 0.0863. The first kappa shape index (κ1) is 22.7. The molecule has 0 aliphatic carbocycles. The number of pyridine rings is 1. The van der Waals surface area contributed by atoms with Crippen molar-refractivity contribution in [1.82, 2.24) is 19.9 Å². The van der Waals surface area contributed by atoms with E-state index in [4.69, 9.17) is 9.47 Å². The number of hydrogen-bond acceptors (Lipinski definition) is 7. The maximum Gasteiger partial charge on any atom is 0.309 e. The van der Waals surface area contributed by atoms with Gasteiger partial charge in [-0.15, -0.1) is 0 Å². The molecule has 166 valence electrons. The van der Waals surface area contributed by atoms with Gasteiger partial charge in [-0.25, -0.2) is 8.42 Å². The van der Waals surface area contributed by atoms with Gasteiger partial charge in [-0.1, -0.05) is 6.07 Å². The minimum Gasteiger partial charge on any atom is -0.497 e. The molecule has 0 unspecified atom stereocenters. The number of aromatic nitrogens is 1. The molecule has 0 bridgehead atoms. The van der Waals surface area contributed by atoms with Crippen LogP contribution in [0.2, 0.25) is 0 Å². The van der Waals surface area contributed by atoms with Crippen LogP contribution >= 0.6 is 0 Å². The number of nitrogens with zero attached hydrogens (tertiary/aromatic N) is 2. The molecule has 2 aromatic rings. The molecule has 2 heterocycles. The predicted octanol–water partition coefficient (Wildman–Crippen LogP) is 0.260. The maximum absolute atomic E-state index is 13.0. The Bertz CT molecular complexity index is 998. The Labute approximate surface area is 180 Å². The van der Waals surface area contributed by atoms with Crippen LogP contribution in [0.3, 0.4) is 0 Å². The number of carbonyl (C=O) groups is 2. The number of hydrogen-bond donors (Lipinski definition) is 2. The quantitative estimate of drug-likeness (QED) is 0.582. The largest absolute Gasteiger partial charge is 0.497 e. The van der Waals surface area contributed by atoms with E-state index in [1.807, 2.05) is 0 Å². The molecule has 1 saturated heterocycles. The molecule has 0 radical (unpaired) electrons. The summed E-state index contributed by atoms with van der Waals surface area (Å²) in [5.74, 6) is -1.19. The van der Waals surface area contributed by atoms with E-state index in [-0.39, 0.29) is 24.5 Å². The Morgan fingerprint density at radius 2 is 1.90 bits per heavy atom. The summed E-state index contributed by atoms with van der Waals surface area (Å²) in [6, 6.07) is 11.2. The summed E-state index contributed by atoms with van der Waals surface area (Å²) >= 11 is 0. The average molecular weight is 449 g/mol. The number of nitrogens with one attached hydrogen (secondary N) is 2. The topological polar surface area (TPSA) is 127 Å². The molecule has 2 N–H and O–H groups in total. The van der Waals surface area contributed by atoms with Crippen molar-refractivity contribution in [1.29, 1.82) is 0 Å². The molecular weight excluding hydrogens is 424 g/mol. The lowest BCUT2D eigenvalue weighted by Gasteiger charge is -2.34. The van der Waals surface area contributed by atoms with Crippen molar-refractivity contribution in [3.05, 3.63) is 54.4 Å². The smallest absolute Gasteiger partial charge is 0.309 e. The number of benzene rings is 1. The third-order valence-electron chi connectivity index (χ3n) is 4.62. The van der Waals surface area contributed by atoms with Crippen molar-refractivity contribution >= 4 is 21.8 Å². The molecule has 1 aliphatic heterocycles. The summed E-state index contributed by atoms with van der Waals surface area (Å²) in [6.45, 7) is 0.526. The monoisotopic (exact) mass is 448 g/mol. The van der Waals surface area contributed by atoms with E-state index in [9.17, 15) is 18.0 Å². The molecule has 1 atom stereocenters. The summed E-state index contributed by atoms with van der Waals surface area (Å²) < 4.78 is 37.9. The van der Waals surface area contributed by atoms with Gasteiger partial charge < -0.3 is 20.1 Å². The van der Waals surface area contributed by atoms with Crippen LogP contribution in [0, 0.1) is 0 Å². The molecule has 3 rings (SSSR count). The van der Waals surface area contributed by atoms with Gasteiger partial charge in [0.2, 0.25) is 10.0 Å². The van der Waals surface area contributed by atoms with Crippen molar-refractivity contribution in [2.75, 3.05) is 26.8 Å². The second kappa shape index (κ2) is 10.3. The van der Waals surface area contributed by atoms with E-state index in [2.05, 4.69) is 15.6 Å². The first-order valence-electron chi connectivity index (χ1n) is 9.65. The van der Waals surface area contributed by atoms with Gasteiger partial charge in [-0.3, -0.25) is 14.6 Å². The molecule has 1 aromatic heterocycles. The van der Waals surface area contributed by atoms with Crippen LogP contribution < -0.4 is 15.4 Å². The average Bonchev–Trinajstić information content (AvgIpc) is 2.81. The van der Waals surface area contributed by atoms with Crippen LogP contribution in [0.5, 0.6) is 5.75 Å². The standard InChI is InChI=1S/C20H24N4O6S/c1-29-16-6-8-17(9-7-16)31(27,28)24-11-4-12-30-18(24)14-23-20(26)19(25)22-13-15-5-2-3-10-21-15/h2-3,5-10,18H,4,11-14H2,1H3,(H,22,25)(H,23,26)/t18-/m0/s1. The zero-order valence-corrected chi connectivity index (χ0v) is 17.8. The molecule has 1 aliphatic rings. The van der Waals surface area contributed by atoms with Crippen LogP contribution in [0.25, 0.3) is 0 Å². The molecular formula is C20H24N4O6S. The van der Waals surface area contributed by atoms with Gasteiger partial charge in [0, 0.05) is 12.7 Å². The van der Waals surface area contributed by atoms with Crippen LogP contribution in [0.1, 0.15) is 12.1 Å². The predicted molar refractivity (Wildman–Crippen MR) is 110 cm³/mol. The Hall–Kier alpha value is -3.02. The number of carbonyl (C=O) groups excluding carboxylic acids is 2. The van der Waals surface area contributed by atoms with Crippen LogP contribution in [0.15, 0.2) is 53.6 Å². The summed E-state index contributed by atoms with van der Waals surface area (Å²) in [5.41, 5.74) is 0.607. The van der Waals surface area contributed by atoms with Crippen molar-refractivity contribution in [2.45, 2.75) is 24.1 Å². The van der Waals surface area contributed by atoms with Crippen molar-refractivity contribution in [3.63, 3.8) is 0 Å². The van der Waals surface area contributed by atoms with Crippen molar-refractivity contribution in [3.8, 4) is 5.75 Å². The minimum atomic E-state index is -3.86. The fourth-order valence-corrected chi connectivity index (χ4v) is 4.56. The molecule has 31 heavy (non-hydrogen) atoms. The molecule has 11 heteroatoms. The highest BCUT2D eigenvalue weighted by molar-refractivity contribution is 7.89. The fourth-order valence-electron chi connectivity index (χ4n) is 3.00. The van der Waals surface area contributed by atoms with Crippen LogP contribution in [0.4, 0.5) is 0 Å². The van der Waals surface area contributed by atoms with Gasteiger partial charge in [0.05, 0.1) is 37.4 Å². The zero-order chi connectivity index (χ0) is 22.3. The van der Waals surface area contributed by atoms with Gasteiger partial charge >= 0.3 is 11.8 Å². The van der Waals surface area contributed by atoms with Crippen molar-refractivity contribution < 1.29 is 27.5 Å². The zero-order valence-electron chi connectivity index (χ0n) is 17.0. The highest BCUT2D eigenvalue weighted by Gasteiger charge is 2.35. The fraction of sp³-hybridized carbons (Fsp3) is 0.350.